The second-order valence-corrected chi connectivity index (χ2v) is 5.15. The number of hydrogen-bond acceptors (Lipinski definition) is 3. The lowest BCUT2D eigenvalue weighted by Crippen LogP contribution is -2.37. The lowest BCUT2D eigenvalue weighted by Gasteiger charge is -2.18. The van der Waals surface area contributed by atoms with Crippen molar-refractivity contribution in [2.24, 2.45) is 5.92 Å². The first-order valence-corrected chi connectivity index (χ1v) is 7.00. The molecule has 0 aliphatic carbocycles. The fourth-order valence-electron chi connectivity index (χ4n) is 2.29. The second-order valence-electron chi connectivity index (χ2n) is 5.15. The molecule has 1 aromatic rings. The quantitative estimate of drug-likeness (QED) is 0.848. The molecule has 21 heavy (non-hydrogen) atoms. The third kappa shape index (κ3) is 4.29. The number of carbonyl (C=O) groups excluding carboxylic acids is 1. The van der Waals surface area contributed by atoms with Crippen molar-refractivity contribution in [3.05, 3.63) is 35.7 Å². The van der Waals surface area contributed by atoms with E-state index in [-0.39, 0.29) is 17.7 Å². The fourth-order valence-corrected chi connectivity index (χ4v) is 2.29. The van der Waals surface area contributed by atoms with Crippen molar-refractivity contribution in [2.45, 2.75) is 19.4 Å². The number of rotatable bonds is 5. The molecule has 1 amide bonds. The zero-order chi connectivity index (χ0) is 15.2. The van der Waals surface area contributed by atoms with Crippen molar-refractivity contribution >= 4 is 12.0 Å². The molecule has 0 radical (unpaired) electrons. The van der Waals surface area contributed by atoms with Crippen LogP contribution in [0.25, 0.3) is 6.08 Å². The van der Waals surface area contributed by atoms with Gasteiger partial charge in [0.1, 0.15) is 0 Å². The molecule has 1 saturated heterocycles. The van der Waals surface area contributed by atoms with Crippen LogP contribution in [0.4, 0.5) is 4.39 Å². The largest absolute Gasteiger partial charge is 0.494 e. The van der Waals surface area contributed by atoms with Gasteiger partial charge in [0.2, 0.25) is 5.91 Å². The third-order valence-electron chi connectivity index (χ3n) is 3.64. The topological polar surface area (TPSA) is 47.6 Å². The SMILES string of the molecule is COc1cc(/C=C/C(=O)NC(C)C2CCOC2)ccc1F. The number of amides is 1. The number of benzene rings is 1. The highest BCUT2D eigenvalue weighted by Crippen LogP contribution is 2.19. The average molecular weight is 293 g/mol. The third-order valence-corrected chi connectivity index (χ3v) is 3.64. The lowest BCUT2D eigenvalue weighted by atomic mass is 10.0. The maximum absolute atomic E-state index is 13.3. The van der Waals surface area contributed by atoms with Crippen molar-refractivity contribution in [1.82, 2.24) is 5.32 Å². The Hall–Kier alpha value is -1.88. The predicted molar refractivity (Wildman–Crippen MR) is 78.5 cm³/mol. The van der Waals surface area contributed by atoms with Crippen molar-refractivity contribution in [3.63, 3.8) is 0 Å². The molecule has 1 fully saturated rings. The molecule has 2 rings (SSSR count). The van der Waals surface area contributed by atoms with Gasteiger partial charge in [0.05, 0.1) is 13.7 Å². The molecule has 1 heterocycles. The van der Waals surface area contributed by atoms with E-state index in [1.807, 2.05) is 6.92 Å². The van der Waals surface area contributed by atoms with Crippen LogP contribution < -0.4 is 10.1 Å². The highest BCUT2D eigenvalue weighted by molar-refractivity contribution is 5.91. The minimum absolute atomic E-state index is 0.0763. The zero-order valence-corrected chi connectivity index (χ0v) is 12.3. The van der Waals surface area contributed by atoms with Gasteiger partial charge in [-0.25, -0.2) is 4.39 Å². The van der Waals surface area contributed by atoms with E-state index < -0.39 is 5.82 Å². The lowest BCUT2D eigenvalue weighted by molar-refractivity contribution is -0.117. The fraction of sp³-hybridized carbons (Fsp3) is 0.438. The van der Waals surface area contributed by atoms with Gasteiger partial charge in [-0.3, -0.25) is 4.79 Å². The van der Waals surface area contributed by atoms with Crippen molar-refractivity contribution in [2.75, 3.05) is 20.3 Å². The molecule has 0 aromatic heterocycles. The van der Waals surface area contributed by atoms with Gasteiger partial charge in [0.15, 0.2) is 11.6 Å². The molecule has 5 heteroatoms. The summed E-state index contributed by atoms with van der Waals surface area (Å²) < 4.78 is 23.5. The van der Waals surface area contributed by atoms with Gasteiger partial charge in [-0.1, -0.05) is 6.07 Å². The molecular weight excluding hydrogens is 273 g/mol. The zero-order valence-electron chi connectivity index (χ0n) is 12.3. The number of methoxy groups -OCH3 is 1. The maximum atomic E-state index is 13.3. The number of ether oxygens (including phenoxy) is 2. The van der Waals surface area contributed by atoms with Crippen molar-refractivity contribution in [3.8, 4) is 5.75 Å². The summed E-state index contributed by atoms with van der Waals surface area (Å²) in [7, 11) is 1.41. The molecule has 0 spiro atoms. The molecule has 114 valence electrons. The van der Waals surface area contributed by atoms with E-state index in [0.29, 0.717) is 18.1 Å². The average Bonchev–Trinajstić information content (AvgIpc) is 3.00. The van der Waals surface area contributed by atoms with Crippen molar-refractivity contribution in [1.29, 1.82) is 0 Å². The summed E-state index contributed by atoms with van der Waals surface area (Å²) in [4.78, 5) is 11.9. The standard InChI is InChI=1S/C16H20FNO3/c1-11(13-7-8-21-10-13)18-16(19)6-4-12-3-5-14(17)15(9-12)20-2/h3-6,9,11,13H,7-8,10H2,1-2H3,(H,18,19)/b6-4+. The monoisotopic (exact) mass is 293 g/mol. The Morgan fingerprint density at radius 1 is 1.57 bits per heavy atom. The van der Waals surface area contributed by atoms with Crippen LogP contribution in [0.5, 0.6) is 5.75 Å². The molecular formula is C16H20FNO3. The van der Waals surface area contributed by atoms with E-state index in [1.54, 1.807) is 18.2 Å². The minimum atomic E-state index is -0.422. The van der Waals surface area contributed by atoms with Gasteiger partial charge < -0.3 is 14.8 Å². The Balaban J connectivity index is 1.92. The van der Waals surface area contributed by atoms with Crippen LogP contribution in [-0.2, 0) is 9.53 Å². The van der Waals surface area contributed by atoms with Gasteiger partial charge in [0, 0.05) is 24.6 Å². The summed E-state index contributed by atoms with van der Waals surface area (Å²) in [5.41, 5.74) is 0.709. The van der Waals surface area contributed by atoms with E-state index >= 15 is 0 Å². The Morgan fingerprint density at radius 2 is 2.38 bits per heavy atom. The minimum Gasteiger partial charge on any atom is -0.494 e. The summed E-state index contributed by atoms with van der Waals surface area (Å²) in [6, 6.07) is 4.53. The molecule has 4 nitrogen and oxygen atoms in total. The number of halogens is 1. The van der Waals surface area contributed by atoms with E-state index in [2.05, 4.69) is 5.32 Å². The van der Waals surface area contributed by atoms with Crippen LogP contribution in [0.1, 0.15) is 18.9 Å². The van der Waals surface area contributed by atoms with Crippen LogP contribution in [0.15, 0.2) is 24.3 Å². The van der Waals surface area contributed by atoms with Crippen molar-refractivity contribution < 1.29 is 18.7 Å². The number of carbonyl (C=O) groups is 1. The van der Waals surface area contributed by atoms with Gasteiger partial charge in [-0.15, -0.1) is 0 Å². The molecule has 0 saturated carbocycles. The van der Waals surface area contributed by atoms with Gasteiger partial charge in [-0.05, 0) is 37.1 Å². The van der Waals surface area contributed by atoms with E-state index in [9.17, 15) is 9.18 Å². The second kappa shape index (κ2) is 7.22. The Labute approximate surface area is 123 Å². The van der Waals surface area contributed by atoms with Crippen LogP contribution >= 0.6 is 0 Å². The van der Waals surface area contributed by atoms with Crippen LogP contribution in [0.3, 0.4) is 0 Å². The van der Waals surface area contributed by atoms with Gasteiger partial charge >= 0.3 is 0 Å². The Kier molecular flexibility index (Phi) is 5.33. The van der Waals surface area contributed by atoms with E-state index in [1.165, 1.54) is 19.3 Å². The van der Waals surface area contributed by atoms with Crippen LogP contribution in [0.2, 0.25) is 0 Å². The molecule has 2 unspecified atom stereocenters. The first kappa shape index (κ1) is 15.5. The van der Waals surface area contributed by atoms with Gasteiger partial charge in [-0.2, -0.15) is 0 Å². The Morgan fingerprint density at radius 3 is 3.05 bits per heavy atom. The number of nitrogens with one attached hydrogen (secondary N) is 1. The maximum Gasteiger partial charge on any atom is 0.244 e. The summed E-state index contributed by atoms with van der Waals surface area (Å²) in [5, 5.41) is 2.92. The smallest absolute Gasteiger partial charge is 0.244 e. The summed E-state index contributed by atoms with van der Waals surface area (Å²) >= 11 is 0. The molecule has 1 N–H and O–H groups in total. The number of hydrogen-bond donors (Lipinski definition) is 1. The first-order chi connectivity index (χ1) is 10.1. The first-order valence-electron chi connectivity index (χ1n) is 7.00. The van der Waals surface area contributed by atoms with Crippen LogP contribution in [0, 0.1) is 11.7 Å². The molecule has 1 aliphatic rings. The summed E-state index contributed by atoms with van der Waals surface area (Å²) in [5.74, 6) is -0.0612. The molecule has 1 aliphatic heterocycles. The van der Waals surface area contributed by atoms with E-state index in [0.717, 1.165) is 13.0 Å². The van der Waals surface area contributed by atoms with E-state index in [4.69, 9.17) is 9.47 Å². The molecule has 1 aromatic carbocycles. The summed E-state index contributed by atoms with van der Waals surface area (Å²) in [6.07, 6.45) is 4.05. The molecule has 2 atom stereocenters. The highest BCUT2D eigenvalue weighted by Gasteiger charge is 2.22. The Bertz CT molecular complexity index is 524. The normalized spacial score (nSPS) is 19.7. The molecule has 0 bridgehead atoms. The van der Waals surface area contributed by atoms with Crippen LogP contribution in [-0.4, -0.2) is 32.3 Å². The highest BCUT2D eigenvalue weighted by atomic mass is 19.1. The van der Waals surface area contributed by atoms with Gasteiger partial charge in [0.25, 0.3) is 0 Å². The summed E-state index contributed by atoms with van der Waals surface area (Å²) in [6.45, 7) is 3.43. The predicted octanol–water partition coefficient (Wildman–Crippen LogP) is 2.39.